The van der Waals surface area contributed by atoms with Crippen molar-refractivity contribution in [2.45, 2.75) is 24.8 Å². The van der Waals surface area contributed by atoms with E-state index in [0.717, 1.165) is 10.4 Å². The van der Waals surface area contributed by atoms with Gasteiger partial charge in [0.1, 0.15) is 5.76 Å². The maximum atomic E-state index is 12.4. The van der Waals surface area contributed by atoms with Gasteiger partial charge in [0.15, 0.2) is 11.9 Å². The summed E-state index contributed by atoms with van der Waals surface area (Å²) in [6, 6.07) is 5.15. The molecule has 0 radical (unpaired) electrons. The van der Waals surface area contributed by atoms with Crippen molar-refractivity contribution in [3.05, 3.63) is 40.6 Å². The van der Waals surface area contributed by atoms with Crippen LogP contribution in [-0.2, 0) is 19.6 Å². The molecule has 0 spiro atoms. The number of aromatic nitrogens is 1. The first-order chi connectivity index (χ1) is 12.5. The van der Waals surface area contributed by atoms with Gasteiger partial charge in [-0.1, -0.05) is 16.8 Å². The molecule has 1 heterocycles. The summed E-state index contributed by atoms with van der Waals surface area (Å²) in [5.74, 6) is -0.891. The molecule has 146 valence electrons. The zero-order valence-corrected chi connectivity index (χ0v) is 16.6. The number of nitrogens with one attached hydrogen (secondary N) is 1. The van der Waals surface area contributed by atoms with Crippen LogP contribution in [0.5, 0.6) is 0 Å². The van der Waals surface area contributed by atoms with Gasteiger partial charge in [-0.2, -0.15) is 0 Å². The highest BCUT2D eigenvalue weighted by atomic mass is 35.5. The van der Waals surface area contributed by atoms with Crippen LogP contribution < -0.4 is 5.32 Å². The Labute approximate surface area is 161 Å². The summed E-state index contributed by atoms with van der Waals surface area (Å²) < 4.78 is 35.3. The van der Waals surface area contributed by atoms with Gasteiger partial charge in [0.2, 0.25) is 10.0 Å². The van der Waals surface area contributed by atoms with E-state index in [1.165, 1.54) is 39.2 Å². The summed E-state index contributed by atoms with van der Waals surface area (Å²) >= 11 is 5.98. The lowest BCUT2D eigenvalue weighted by molar-refractivity contribution is -0.123. The van der Waals surface area contributed by atoms with Crippen molar-refractivity contribution in [3.8, 4) is 0 Å². The van der Waals surface area contributed by atoms with Crippen LogP contribution in [0, 0.1) is 6.92 Å². The summed E-state index contributed by atoms with van der Waals surface area (Å²) in [5.41, 5.74) is -0.170. The van der Waals surface area contributed by atoms with E-state index in [0.29, 0.717) is 5.76 Å². The SMILES string of the molecule is Cc1cc(NC(=O)[C@H](C)OC(=O)c2cc(S(=O)(=O)N(C)C)ccc2Cl)no1. The standard InChI is InChI=1S/C16H18ClN3O6S/c1-9-7-14(19-26-9)18-15(21)10(2)25-16(22)12-8-11(5-6-13(12)17)27(23,24)20(3)4/h5-8,10H,1-4H3,(H,18,19,21)/t10-/m0/s1. The lowest BCUT2D eigenvalue weighted by Crippen LogP contribution is -2.30. The number of benzene rings is 1. The predicted octanol–water partition coefficient (Wildman–Crippen LogP) is 2.07. The zero-order chi connectivity index (χ0) is 20.4. The number of amides is 1. The minimum Gasteiger partial charge on any atom is -0.449 e. The molecule has 0 saturated heterocycles. The molecule has 0 unspecified atom stereocenters. The summed E-state index contributed by atoms with van der Waals surface area (Å²) in [6.07, 6.45) is -1.18. The van der Waals surface area contributed by atoms with Gasteiger partial charge in [-0.3, -0.25) is 4.79 Å². The number of nitrogens with zero attached hydrogens (tertiary/aromatic N) is 2. The van der Waals surface area contributed by atoms with E-state index < -0.39 is 28.0 Å². The van der Waals surface area contributed by atoms with Crippen LogP contribution in [-0.4, -0.2) is 50.0 Å². The molecule has 1 N–H and O–H groups in total. The average molecular weight is 416 g/mol. The topological polar surface area (TPSA) is 119 Å². The molecule has 0 aliphatic heterocycles. The van der Waals surface area contributed by atoms with Gasteiger partial charge in [-0.15, -0.1) is 0 Å². The van der Waals surface area contributed by atoms with Gasteiger partial charge in [0.05, 0.1) is 15.5 Å². The molecule has 11 heteroatoms. The number of aryl methyl sites for hydroxylation is 1. The monoisotopic (exact) mass is 415 g/mol. The molecular weight excluding hydrogens is 398 g/mol. The van der Waals surface area contributed by atoms with E-state index in [4.69, 9.17) is 20.9 Å². The number of rotatable bonds is 6. The number of carbonyl (C=O) groups is 2. The van der Waals surface area contributed by atoms with Crippen LogP contribution in [0.3, 0.4) is 0 Å². The molecule has 1 aromatic carbocycles. The maximum absolute atomic E-state index is 12.4. The Hall–Kier alpha value is -2.43. The van der Waals surface area contributed by atoms with Gasteiger partial charge in [0.25, 0.3) is 5.91 Å². The van der Waals surface area contributed by atoms with Gasteiger partial charge in [-0.25, -0.2) is 17.5 Å². The average Bonchev–Trinajstić information content (AvgIpc) is 2.99. The van der Waals surface area contributed by atoms with E-state index in [1.54, 1.807) is 6.92 Å². The number of esters is 1. The third-order valence-corrected chi connectivity index (χ3v) is 5.61. The predicted molar refractivity (Wildman–Crippen MR) is 97.1 cm³/mol. The summed E-state index contributed by atoms with van der Waals surface area (Å²) in [7, 11) is -1.04. The molecule has 2 rings (SSSR count). The Bertz CT molecular complexity index is 970. The van der Waals surface area contributed by atoms with Crippen molar-refractivity contribution in [1.82, 2.24) is 9.46 Å². The van der Waals surface area contributed by atoms with Crippen LogP contribution in [0.1, 0.15) is 23.0 Å². The van der Waals surface area contributed by atoms with Crippen molar-refractivity contribution in [2.24, 2.45) is 0 Å². The van der Waals surface area contributed by atoms with Crippen molar-refractivity contribution in [3.63, 3.8) is 0 Å². The van der Waals surface area contributed by atoms with Crippen molar-refractivity contribution in [2.75, 3.05) is 19.4 Å². The quantitative estimate of drug-likeness (QED) is 0.717. The molecule has 0 bridgehead atoms. The Morgan fingerprint density at radius 2 is 1.96 bits per heavy atom. The summed E-state index contributed by atoms with van der Waals surface area (Å²) in [4.78, 5) is 24.3. The first-order valence-electron chi connectivity index (χ1n) is 7.69. The fraction of sp³-hybridized carbons (Fsp3) is 0.312. The molecule has 1 aromatic heterocycles. The fourth-order valence-corrected chi connectivity index (χ4v) is 3.09. The van der Waals surface area contributed by atoms with Crippen LogP contribution >= 0.6 is 11.6 Å². The Morgan fingerprint density at radius 1 is 1.30 bits per heavy atom. The number of sulfonamides is 1. The minimum absolute atomic E-state index is 0.00237. The second kappa shape index (κ2) is 8.07. The highest BCUT2D eigenvalue weighted by Crippen LogP contribution is 2.23. The molecule has 2 aromatic rings. The summed E-state index contributed by atoms with van der Waals surface area (Å²) in [6.45, 7) is 3.01. The Morgan fingerprint density at radius 3 is 2.52 bits per heavy atom. The van der Waals surface area contributed by atoms with Gasteiger partial charge in [-0.05, 0) is 32.0 Å². The summed E-state index contributed by atoms with van der Waals surface area (Å²) in [5, 5.41) is 6.03. The molecule has 1 amide bonds. The molecule has 0 aliphatic rings. The smallest absolute Gasteiger partial charge is 0.340 e. The largest absolute Gasteiger partial charge is 0.449 e. The molecule has 27 heavy (non-hydrogen) atoms. The number of ether oxygens (including phenoxy) is 1. The van der Waals surface area contributed by atoms with Gasteiger partial charge < -0.3 is 14.6 Å². The highest BCUT2D eigenvalue weighted by molar-refractivity contribution is 7.89. The molecule has 0 saturated carbocycles. The highest BCUT2D eigenvalue weighted by Gasteiger charge is 2.24. The third kappa shape index (κ3) is 4.85. The van der Waals surface area contributed by atoms with Crippen LogP contribution in [0.15, 0.2) is 33.7 Å². The normalized spacial score (nSPS) is 12.7. The van der Waals surface area contributed by atoms with Crippen LogP contribution in [0.4, 0.5) is 5.82 Å². The Kier molecular flexibility index (Phi) is 6.24. The number of anilines is 1. The first kappa shape index (κ1) is 20.9. The number of halogens is 1. The van der Waals surface area contributed by atoms with Crippen molar-refractivity contribution < 1.29 is 27.3 Å². The molecule has 1 atom stereocenters. The van der Waals surface area contributed by atoms with Crippen LogP contribution in [0.25, 0.3) is 0 Å². The second-order valence-electron chi connectivity index (χ2n) is 5.79. The van der Waals surface area contributed by atoms with E-state index in [-0.39, 0.29) is 21.3 Å². The molecule has 0 aliphatic carbocycles. The van der Waals surface area contributed by atoms with Crippen molar-refractivity contribution >= 4 is 39.3 Å². The Balaban J connectivity index is 2.16. The fourth-order valence-electron chi connectivity index (χ4n) is 1.96. The van der Waals surface area contributed by atoms with Gasteiger partial charge >= 0.3 is 5.97 Å². The first-order valence-corrected chi connectivity index (χ1v) is 9.51. The minimum atomic E-state index is -3.76. The second-order valence-corrected chi connectivity index (χ2v) is 8.35. The molecule has 9 nitrogen and oxygen atoms in total. The van der Waals surface area contributed by atoms with Gasteiger partial charge in [0, 0.05) is 20.2 Å². The molecular formula is C16H18ClN3O6S. The number of hydrogen-bond acceptors (Lipinski definition) is 7. The van der Waals surface area contributed by atoms with Crippen LogP contribution in [0.2, 0.25) is 5.02 Å². The number of hydrogen-bond donors (Lipinski definition) is 1. The lowest BCUT2D eigenvalue weighted by Gasteiger charge is -2.15. The zero-order valence-electron chi connectivity index (χ0n) is 15.0. The van der Waals surface area contributed by atoms with E-state index >= 15 is 0 Å². The van der Waals surface area contributed by atoms with Crippen molar-refractivity contribution in [1.29, 1.82) is 0 Å². The van der Waals surface area contributed by atoms with E-state index in [9.17, 15) is 18.0 Å². The van der Waals surface area contributed by atoms with E-state index in [2.05, 4.69) is 10.5 Å². The lowest BCUT2D eigenvalue weighted by atomic mass is 10.2. The third-order valence-electron chi connectivity index (χ3n) is 3.47. The molecule has 0 fully saturated rings. The number of carbonyl (C=O) groups excluding carboxylic acids is 2. The maximum Gasteiger partial charge on any atom is 0.340 e. The van der Waals surface area contributed by atoms with E-state index in [1.807, 2.05) is 0 Å².